The number of benzene rings is 1. The van der Waals surface area contributed by atoms with Gasteiger partial charge in [0.25, 0.3) is 0 Å². The number of carboxylic acids is 3. The highest BCUT2D eigenvalue weighted by Gasteiger charge is 2.32. The minimum absolute atomic E-state index is 0.218. The summed E-state index contributed by atoms with van der Waals surface area (Å²) in [5, 5.41) is 34.2. The first-order valence-electron chi connectivity index (χ1n) is 11.7. The van der Waals surface area contributed by atoms with Crippen LogP contribution >= 0.6 is 0 Å². The molecule has 13 heteroatoms. The van der Waals surface area contributed by atoms with Gasteiger partial charge in [0, 0.05) is 12.8 Å². The smallest absolute Gasteiger partial charge is 0.326 e. The number of nitrogens with two attached hydrogens (primary N) is 1. The topological polar surface area (TPSA) is 225 Å². The molecule has 4 atom stereocenters. The van der Waals surface area contributed by atoms with E-state index in [2.05, 4.69) is 16.0 Å². The van der Waals surface area contributed by atoms with Crippen molar-refractivity contribution in [2.45, 2.75) is 70.1 Å². The molecular formula is C24H34N4O9. The molecule has 0 heterocycles. The van der Waals surface area contributed by atoms with Crippen LogP contribution in [0.3, 0.4) is 0 Å². The van der Waals surface area contributed by atoms with E-state index in [1.165, 1.54) is 0 Å². The summed E-state index contributed by atoms with van der Waals surface area (Å²) < 4.78 is 0. The average molecular weight is 523 g/mol. The molecule has 13 nitrogen and oxygen atoms in total. The van der Waals surface area contributed by atoms with E-state index in [1.807, 2.05) is 6.07 Å². The predicted molar refractivity (Wildman–Crippen MR) is 130 cm³/mol. The molecule has 3 amide bonds. The summed E-state index contributed by atoms with van der Waals surface area (Å²) in [5.74, 6) is -6.86. The molecule has 0 aliphatic heterocycles. The van der Waals surface area contributed by atoms with E-state index in [0.717, 1.165) is 5.56 Å². The Kier molecular flexibility index (Phi) is 12.7. The minimum atomic E-state index is -1.57. The molecule has 8 N–H and O–H groups in total. The summed E-state index contributed by atoms with van der Waals surface area (Å²) in [5.41, 5.74) is 6.81. The zero-order valence-electron chi connectivity index (χ0n) is 20.7. The van der Waals surface area contributed by atoms with Crippen molar-refractivity contribution in [2.24, 2.45) is 11.7 Å². The summed E-state index contributed by atoms with van der Waals surface area (Å²) in [6, 6.07) is 3.89. The Morgan fingerprint density at radius 2 is 1.27 bits per heavy atom. The van der Waals surface area contributed by atoms with Gasteiger partial charge in [-0.15, -0.1) is 0 Å². The third-order valence-corrected chi connectivity index (χ3v) is 5.42. The highest BCUT2D eigenvalue weighted by atomic mass is 16.4. The lowest BCUT2D eigenvalue weighted by Gasteiger charge is -2.27. The Morgan fingerprint density at radius 3 is 1.76 bits per heavy atom. The summed E-state index contributed by atoms with van der Waals surface area (Å²) >= 11 is 0. The van der Waals surface area contributed by atoms with E-state index in [4.69, 9.17) is 15.9 Å². The molecular weight excluding hydrogens is 488 g/mol. The van der Waals surface area contributed by atoms with Gasteiger partial charge in [-0.2, -0.15) is 0 Å². The summed E-state index contributed by atoms with van der Waals surface area (Å²) in [4.78, 5) is 71.7. The lowest BCUT2D eigenvalue weighted by molar-refractivity contribution is -0.144. The average Bonchev–Trinajstić information content (AvgIpc) is 2.82. The van der Waals surface area contributed by atoms with Crippen LogP contribution in [-0.4, -0.2) is 75.1 Å². The van der Waals surface area contributed by atoms with Crippen LogP contribution in [0.2, 0.25) is 0 Å². The third-order valence-electron chi connectivity index (χ3n) is 5.42. The minimum Gasteiger partial charge on any atom is -0.481 e. The number of amides is 3. The van der Waals surface area contributed by atoms with Gasteiger partial charge in [0.15, 0.2) is 0 Å². The van der Waals surface area contributed by atoms with Gasteiger partial charge in [0.1, 0.15) is 18.1 Å². The Morgan fingerprint density at radius 1 is 0.757 bits per heavy atom. The number of carboxylic acid groups (broad SMARTS) is 3. The summed E-state index contributed by atoms with van der Waals surface area (Å²) in [6.07, 6.45) is -1.62. The van der Waals surface area contributed by atoms with Crippen LogP contribution in [0.1, 0.15) is 45.1 Å². The van der Waals surface area contributed by atoms with Gasteiger partial charge in [-0.05, 0) is 30.7 Å². The molecule has 4 unspecified atom stereocenters. The van der Waals surface area contributed by atoms with Crippen LogP contribution in [-0.2, 0) is 35.2 Å². The van der Waals surface area contributed by atoms with Crippen molar-refractivity contribution in [1.29, 1.82) is 0 Å². The van der Waals surface area contributed by atoms with E-state index in [1.54, 1.807) is 38.1 Å². The van der Waals surface area contributed by atoms with Gasteiger partial charge in [0.05, 0.1) is 6.04 Å². The van der Waals surface area contributed by atoms with E-state index >= 15 is 0 Å². The van der Waals surface area contributed by atoms with E-state index in [0.29, 0.717) is 0 Å². The Balaban J connectivity index is 2.95. The first-order chi connectivity index (χ1) is 17.3. The molecule has 0 saturated carbocycles. The maximum atomic E-state index is 13.0. The lowest BCUT2D eigenvalue weighted by atomic mass is 10.0. The maximum absolute atomic E-state index is 13.0. The Bertz CT molecular complexity index is 968. The van der Waals surface area contributed by atoms with Gasteiger partial charge >= 0.3 is 17.9 Å². The van der Waals surface area contributed by atoms with Crippen molar-refractivity contribution in [2.75, 3.05) is 0 Å². The molecule has 0 spiro atoms. The number of rotatable bonds is 16. The molecule has 0 bridgehead atoms. The molecule has 0 saturated heterocycles. The quantitative estimate of drug-likeness (QED) is 0.147. The van der Waals surface area contributed by atoms with Crippen molar-refractivity contribution < 1.29 is 44.1 Å². The molecule has 204 valence electrons. The fraction of sp³-hybridized carbons (Fsp3) is 0.500. The van der Waals surface area contributed by atoms with Crippen molar-refractivity contribution in [3.63, 3.8) is 0 Å². The van der Waals surface area contributed by atoms with Crippen molar-refractivity contribution in [1.82, 2.24) is 16.0 Å². The molecule has 0 aromatic heterocycles. The second-order valence-electron chi connectivity index (χ2n) is 8.85. The van der Waals surface area contributed by atoms with Crippen LogP contribution in [0.4, 0.5) is 0 Å². The first kappa shape index (κ1) is 31.0. The highest BCUT2D eigenvalue weighted by molar-refractivity contribution is 5.94. The second kappa shape index (κ2) is 15.2. The molecule has 0 aliphatic carbocycles. The first-order valence-corrected chi connectivity index (χ1v) is 11.7. The van der Waals surface area contributed by atoms with Crippen LogP contribution in [0.15, 0.2) is 30.3 Å². The molecule has 37 heavy (non-hydrogen) atoms. The van der Waals surface area contributed by atoms with Crippen LogP contribution in [0.25, 0.3) is 0 Å². The van der Waals surface area contributed by atoms with Gasteiger partial charge in [-0.25, -0.2) is 4.79 Å². The fourth-order valence-corrected chi connectivity index (χ4v) is 3.35. The fourth-order valence-electron chi connectivity index (χ4n) is 3.35. The van der Waals surface area contributed by atoms with Gasteiger partial charge in [-0.1, -0.05) is 44.2 Å². The predicted octanol–water partition coefficient (Wildman–Crippen LogP) is -0.519. The number of hydrogen-bond acceptors (Lipinski definition) is 7. The third kappa shape index (κ3) is 11.5. The normalized spacial score (nSPS) is 14.1. The number of aliphatic carboxylic acids is 3. The highest BCUT2D eigenvalue weighted by Crippen LogP contribution is 2.08. The number of carbonyl (C=O) groups excluding carboxylic acids is 3. The second-order valence-corrected chi connectivity index (χ2v) is 8.85. The van der Waals surface area contributed by atoms with Crippen LogP contribution in [0, 0.1) is 5.92 Å². The zero-order chi connectivity index (χ0) is 28.1. The van der Waals surface area contributed by atoms with Gasteiger partial charge < -0.3 is 37.0 Å². The molecule has 0 radical (unpaired) electrons. The summed E-state index contributed by atoms with van der Waals surface area (Å²) in [7, 11) is 0. The van der Waals surface area contributed by atoms with E-state index in [9.17, 15) is 33.9 Å². The SMILES string of the molecule is CC(C)C(NC(=O)C(N)Cc1ccccc1)C(=O)NC(CCC(=O)O)C(=O)NC(CCC(=O)O)C(=O)O. The molecule has 0 fully saturated rings. The number of carbonyl (C=O) groups is 6. The standard InChI is InChI=1S/C24H34N4O9/c1-13(2)20(28-21(33)15(25)12-14-6-4-3-5-7-14)23(35)26-16(8-10-18(29)30)22(34)27-17(24(36)37)9-11-19(31)32/h3-7,13,15-17,20H,8-12,25H2,1-2H3,(H,26,35)(H,27,34)(H,28,33)(H,29,30)(H,31,32)(H,36,37). The maximum Gasteiger partial charge on any atom is 0.326 e. The number of nitrogens with one attached hydrogen (secondary N) is 3. The van der Waals surface area contributed by atoms with Gasteiger partial charge in [0.2, 0.25) is 17.7 Å². The van der Waals surface area contributed by atoms with Crippen molar-refractivity contribution >= 4 is 35.6 Å². The Labute approximate surface area is 213 Å². The van der Waals surface area contributed by atoms with Crippen molar-refractivity contribution in [3.8, 4) is 0 Å². The van der Waals surface area contributed by atoms with Crippen LogP contribution < -0.4 is 21.7 Å². The molecule has 1 aromatic carbocycles. The summed E-state index contributed by atoms with van der Waals surface area (Å²) in [6.45, 7) is 3.29. The van der Waals surface area contributed by atoms with Crippen molar-refractivity contribution in [3.05, 3.63) is 35.9 Å². The monoisotopic (exact) mass is 522 g/mol. The molecule has 0 aliphatic rings. The van der Waals surface area contributed by atoms with Gasteiger partial charge in [-0.3, -0.25) is 24.0 Å². The number of hydrogen-bond donors (Lipinski definition) is 7. The Hall–Kier alpha value is -4.00. The van der Waals surface area contributed by atoms with Crippen LogP contribution in [0.5, 0.6) is 0 Å². The molecule has 1 rings (SSSR count). The van der Waals surface area contributed by atoms with E-state index in [-0.39, 0.29) is 12.8 Å². The van der Waals surface area contributed by atoms with E-state index < -0.39 is 85.0 Å². The largest absolute Gasteiger partial charge is 0.481 e. The molecule has 1 aromatic rings. The lowest BCUT2D eigenvalue weighted by Crippen LogP contribution is -2.58. The zero-order valence-corrected chi connectivity index (χ0v) is 20.7.